The van der Waals surface area contributed by atoms with Gasteiger partial charge >= 0.3 is 0 Å². The van der Waals surface area contributed by atoms with Gasteiger partial charge in [-0.1, -0.05) is 18.6 Å². The van der Waals surface area contributed by atoms with Crippen molar-refractivity contribution in [2.75, 3.05) is 0 Å². The van der Waals surface area contributed by atoms with Crippen molar-refractivity contribution in [2.24, 2.45) is 5.92 Å². The molecule has 2 heterocycles. The lowest BCUT2D eigenvalue weighted by Gasteiger charge is -2.27. The minimum absolute atomic E-state index is 0.0129. The van der Waals surface area contributed by atoms with Crippen LogP contribution < -0.4 is 10.6 Å². The lowest BCUT2D eigenvalue weighted by atomic mass is 9.81. The lowest BCUT2D eigenvalue weighted by Crippen LogP contribution is -2.33. The van der Waals surface area contributed by atoms with Gasteiger partial charge in [-0.3, -0.25) is 9.59 Å². The molecule has 0 radical (unpaired) electrons. The van der Waals surface area contributed by atoms with Gasteiger partial charge in [-0.25, -0.2) is 4.98 Å². The number of rotatable bonds is 4. The van der Waals surface area contributed by atoms with E-state index in [9.17, 15) is 9.59 Å². The molecule has 1 aromatic heterocycles. The molecule has 5 nitrogen and oxygen atoms in total. The Morgan fingerprint density at radius 3 is 3.12 bits per heavy atom. The Labute approximate surface area is 150 Å². The second-order valence-corrected chi connectivity index (χ2v) is 7.75. The minimum Gasteiger partial charge on any atom is -0.352 e. The first-order valence-electron chi connectivity index (χ1n) is 8.78. The number of carbonyl (C=O) groups excluding carboxylic acids is 2. The van der Waals surface area contributed by atoms with Crippen LogP contribution in [-0.4, -0.2) is 16.8 Å². The molecule has 25 heavy (non-hydrogen) atoms. The fourth-order valence-corrected chi connectivity index (χ4v) is 4.61. The highest BCUT2D eigenvalue weighted by molar-refractivity contribution is 7.09. The summed E-state index contributed by atoms with van der Waals surface area (Å²) in [6, 6.07) is 5.77. The molecule has 1 fully saturated rings. The molecule has 2 amide bonds. The van der Waals surface area contributed by atoms with E-state index >= 15 is 0 Å². The van der Waals surface area contributed by atoms with E-state index in [1.54, 1.807) is 11.3 Å². The third-order valence-electron chi connectivity index (χ3n) is 5.17. The average Bonchev–Trinajstić information content (AvgIpc) is 3.30. The van der Waals surface area contributed by atoms with Crippen LogP contribution in [0.2, 0.25) is 0 Å². The standard InChI is InChI=1S/C19H21N3O2S/c23-17(13-2-1-3-14(9-13)19-20-6-7-25-19)21-10-12-4-5-16-15(8-12)11-22-18(16)24/h4-8,13-14H,1-3,9-11H2,(H,21,23)(H,22,24). The second kappa shape index (κ2) is 6.96. The number of amides is 2. The van der Waals surface area contributed by atoms with Crippen molar-refractivity contribution < 1.29 is 9.59 Å². The van der Waals surface area contributed by atoms with E-state index in [4.69, 9.17) is 0 Å². The molecule has 0 bridgehead atoms. The zero-order valence-corrected chi connectivity index (χ0v) is 14.8. The summed E-state index contributed by atoms with van der Waals surface area (Å²) >= 11 is 1.69. The fraction of sp³-hybridized carbons (Fsp3) is 0.421. The van der Waals surface area contributed by atoms with Crippen LogP contribution >= 0.6 is 11.3 Å². The third kappa shape index (κ3) is 3.44. The van der Waals surface area contributed by atoms with Gasteiger partial charge < -0.3 is 10.6 Å². The first-order valence-corrected chi connectivity index (χ1v) is 9.66. The first-order chi connectivity index (χ1) is 12.2. The van der Waals surface area contributed by atoms with Crippen molar-refractivity contribution in [2.45, 2.75) is 44.7 Å². The molecule has 2 aliphatic rings. The Morgan fingerprint density at radius 1 is 1.36 bits per heavy atom. The zero-order chi connectivity index (χ0) is 17.2. The van der Waals surface area contributed by atoms with E-state index in [0.29, 0.717) is 19.0 Å². The largest absolute Gasteiger partial charge is 0.352 e. The topological polar surface area (TPSA) is 71.1 Å². The van der Waals surface area contributed by atoms with E-state index in [0.717, 1.165) is 47.4 Å². The predicted molar refractivity (Wildman–Crippen MR) is 96.3 cm³/mol. The normalized spacial score (nSPS) is 22.3. The van der Waals surface area contributed by atoms with Crippen LogP contribution in [0.5, 0.6) is 0 Å². The van der Waals surface area contributed by atoms with Crippen molar-refractivity contribution in [3.05, 3.63) is 51.5 Å². The number of thiazole rings is 1. The molecule has 1 aromatic carbocycles. The maximum atomic E-state index is 12.6. The summed E-state index contributed by atoms with van der Waals surface area (Å²) in [6.07, 6.45) is 5.90. The van der Waals surface area contributed by atoms with E-state index in [-0.39, 0.29) is 17.7 Å². The van der Waals surface area contributed by atoms with Gasteiger partial charge in [-0.2, -0.15) is 0 Å². The molecule has 2 unspecified atom stereocenters. The number of aromatic nitrogens is 1. The van der Waals surface area contributed by atoms with Gasteiger partial charge in [0.1, 0.15) is 0 Å². The summed E-state index contributed by atoms with van der Waals surface area (Å²) in [5.74, 6) is 0.610. The summed E-state index contributed by atoms with van der Waals surface area (Å²) in [7, 11) is 0. The summed E-state index contributed by atoms with van der Waals surface area (Å²) in [4.78, 5) is 28.6. The van der Waals surface area contributed by atoms with Gasteiger partial charge in [0.05, 0.1) is 5.01 Å². The summed E-state index contributed by atoms with van der Waals surface area (Å²) in [5, 5.41) is 9.06. The highest BCUT2D eigenvalue weighted by atomic mass is 32.1. The SMILES string of the molecule is O=C1NCc2cc(CNC(=O)C3CCCC(c4nccs4)C3)ccc21. The molecule has 2 N–H and O–H groups in total. The Hall–Kier alpha value is -2.21. The second-order valence-electron chi connectivity index (χ2n) is 6.82. The summed E-state index contributed by atoms with van der Waals surface area (Å²) < 4.78 is 0. The summed E-state index contributed by atoms with van der Waals surface area (Å²) in [5.41, 5.74) is 2.79. The van der Waals surface area contributed by atoms with Crippen molar-refractivity contribution in [1.29, 1.82) is 0 Å². The average molecular weight is 355 g/mol. The molecule has 1 aliphatic carbocycles. The fourth-order valence-electron chi connectivity index (χ4n) is 3.82. The number of nitrogens with one attached hydrogen (secondary N) is 2. The zero-order valence-electron chi connectivity index (χ0n) is 14.0. The summed E-state index contributed by atoms with van der Waals surface area (Å²) in [6.45, 7) is 1.09. The number of nitrogens with zero attached hydrogens (tertiary/aromatic N) is 1. The molecule has 1 saturated carbocycles. The van der Waals surface area contributed by atoms with Gasteiger partial charge in [0.25, 0.3) is 5.91 Å². The van der Waals surface area contributed by atoms with Crippen LogP contribution in [0.4, 0.5) is 0 Å². The number of fused-ring (bicyclic) bond motifs is 1. The van der Waals surface area contributed by atoms with E-state index in [2.05, 4.69) is 15.6 Å². The van der Waals surface area contributed by atoms with Crippen LogP contribution in [0.1, 0.15) is 58.1 Å². The van der Waals surface area contributed by atoms with E-state index < -0.39 is 0 Å². The van der Waals surface area contributed by atoms with E-state index in [1.807, 2.05) is 29.8 Å². The number of hydrogen-bond acceptors (Lipinski definition) is 4. The Morgan fingerprint density at radius 2 is 2.28 bits per heavy atom. The van der Waals surface area contributed by atoms with Crippen LogP contribution in [0.3, 0.4) is 0 Å². The molecule has 6 heteroatoms. The molecule has 130 valence electrons. The quantitative estimate of drug-likeness (QED) is 0.886. The van der Waals surface area contributed by atoms with Gasteiger partial charge in [0, 0.05) is 42.1 Å². The Bertz CT molecular complexity index is 788. The van der Waals surface area contributed by atoms with Gasteiger partial charge in [-0.05, 0) is 36.5 Å². The van der Waals surface area contributed by atoms with E-state index in [1.165, 1.54) is 0 Å². The van der Waals surface area contributed by atoms with Crippen LogP contribution in [0, 0.1) is 5.92 Å². The minimum atomic E-state index is -0.0129. The van der Waals surface area contributed by atoms with Crippen LogP contribution in [0.25, 0.3) is 0 Å². The molecule has 1 aliphatic heterocycles. The monoisotopic (exact) mass is 355 g/mol. The van der Waals surface area contributed by atoms with Gasteiger partial charge in [0.15, 0.2) is 0 Å². The van der Waals surface area contributed by atoms with Crippen LogP contribution in [0.15, 0.2) is 29.8 Å². The molecule has 2 atom stereocenters. The maximum Gasteiger partial charge on any atom is 0.251 e. The van der Waals surface area contributed by atoms with Crippen LogP contribution in [-0.2, 0) is 17.9 Å². The Balaban J connectivity index is 1.35. The molecular weight excluding hydrogens is 334 g/mol. The maximum absolute atomic E-state index is 12.6. The number of hydrogen-bond donors (Lipinski definition) is 2. The molecule has 4 rings (SSSR count). The van der Waals surface area contributed by atoms with Gasteiger partial charge in [0.2, 0.25) is 5.91 Å². The smallest absolute Gasteiger partial charge is 0.251 e. The molecule has 0 spiro atoms. The highest BCUT2D eigenvalue weighted by Crippen LogP contribution is 2.37. The van der Waals surface area contributed by atoms with Crippen molar-refractivity contribution in [3.8, 4) is 0 Å². The Kier molecular flexibility index (Phi) is 4.53. The van der Waals surface area contributed by atoms with Gasteiger partial charge in [-0.15, -0.1) is 11.3 Å². The molecule has 0 saturated heterocycles. The first kappa shape index (κ1) is 16.3. The lowest BCUT2D eigenvalue weighted by molar-refractivity contribution is -0.126. The van der Waals surface area contributed by atoms with Crippen molar-refractivity contribution in [1.82, 2.24) is 15.6 Å². The highest BCUT2D eigenvalue weighted by Gasteiger charge is 2.29. The van der Waals surface area contributed by atoms with Crippen molar-refractivity contribution >= 4 is 23.2 Å². The third-order valence-corrected chi connectivity index (χ3v) is 6.10. The number of benzene rings is 1. The number of carbonyl (C=O) groups is 2. The molecule has 2 aromatic rings. The predicted octanol–water partition coefficient (Wildman–Crippen LogP) is 2.98. The molecular formula is C19H21N3O2S. The van der Waals surface area contributed by atoms with Crippen molar-refractivity contribution in [3.63, 3.8) is 0 Å².